The number of guanidine groups is 1. The van der Waals surface area contributed by atoms with Gasteiger partial charge in [0.25, 0.3) is 0 Å². The Morgan fingerprint density at radius 2 is 2.22 bits per heavy atom. The van der Waals surface area contributed by atoms with E-state index < -0.39 is 5.60 Å². The van der Waals surface area contributed by atoms with Gasteiger partial charge in [0.2, 0.25) is 0 Å². The van der Waals surface area contributed by atoms with Gasteiger partial charge in [-0.15, -0.1) is 0 Å². The molecule has 0 radical (unpaired) electrons. The molecule has 1 aromatic heterocycles. The monoisotopic (exact) mass is 378 g/mol. The van der Waals surface area contributed by atoms with Crippen LogP contribution in [0.4, 0.5) is 0 Å². The minimum absolute atomic E-state index is 0.291. The maximum atomic E-state index is 10.7. The van der Waals surface area contributed by atoms with Gasteiger partial charge in [-0.3, -0.25) is 4.68 Å². The lowest BCUT2D eigenvalue weighted by atomic mass is 10.0. The number of rotatable bonds is 9. The van der Waals surface area contributed by atoms with E-state index in [9.17, 15) is 5.11 Å². The zero-order chi connectivity index (χ0) is 19.7. The van der Waals surface area contributed by atoms with Gasteiger partial charge < -0.3 is 20.6 Å². The summed E-state index contributed by atoms with van der Waals surface area (Å²) in [6.45, 7) is 11.9. The minimum atomic E-state index is -1.03. The summed E-state index contributed by atoms with van der Waals surface area (Å²) in [5.41, 5.74) is -0.248. The van der Waals surface area contributed by atoms with Crippen LogP contribution in [0.5, 0.6) is 0 Å². The first-order valence-corrected chi connectivity index (χ1v) is 10.4. The van der Waals surface area contributed by atoms with Crippen LogP contribution < -0.4 is 10.6 Å². The fourth-order valence-electron chi connectivity index (χ4n) is 3.52. The third-order valence-corrected chi connectivity index (χ3v) is 5.15. The van der Waals surface area contributed by atoms with Crippen molar-refractivity contribution in [2.75, 3.05) is 39.3 Å². The number of likely N-dealkylation sites (tertiary alicyclic amines) is 1. The summed E-state index contributed by atoms with van der Waals surface area (Å²) in [7, 11) is 1.85. The molecule has 3 N–H and O–H groups in total. The van der Waals surface area contributed by atoms with Crippen LogP contribution in [-0.4, -0.2) is 65.0 Å². The Bertz CT molecular complexity index is 583. The normalized spacial score (nSPS) is 21.1. The van der Waals surface area contributed by atoms with Crippen LogP contribution in [0.3, 0.4) is 0 Å². The van der Waals surface area contributed by atoms with Crippen LogP contribution in [0.15, 0.2) is 17.4 Å². The molecule has 154 valence electrons. The highest BCUT2D eigenvalue weighted by Crippen LogP contribution is 2.20. The molecule has 0 bridgehead atoms. The van der Waals surface area contributed by atoms with E-state index in [-0.39, 0.29) is 0 Å². The second kappa shape index (κ2) is 10.7. The Morgan fingerprint density at radius 1 is 1.41 bits per heavy atom. The lowest BCUT2D eigenvalue weighted by Gasteiger charge is -2.30. The standard InChI is InChI=1S/C20H38N6O/c1-5-21-19(23-16-20(3,27)18-13-24-25(4)15-18)22-10-6-7-11-26-12-8-9-17(2)14-26/h13,15,17,27H,5-12,14,16H2,1-4H3,(H2,21,22,23). The largest absolute Gasteiger partial charge is 0.383 e. The molecule has 1 aromatic rings. The minimum Gasteiger partial charge on any atom is -0.383 e. The Labute approximate surface area is 164 Å². The molecule has 1 saturated heterocycles. The van der Waals surface area contributed by atoms with E-state index in [2.05, 4.69) is 32.5 Å². The Kier molecular flexibility index (Phi) is 8.57. The molecule has 0 aliphatic carbocycles. The number of hydrogen-bond acceptors (Lipinski definition) is 4. The van der Waals surface area contributed by atoms with Crippen molar-refractivity contribution in [3.8, 4) is 0 Å². The molecule has 0 amide bonds. The molecule has 27 heavy (non-hydrogen) atoms. The van der Waals surface area contributed by atoms with Crippen molar-refractivity contribution in [1.82, 2.24) is 25.3 Å². The summed E-state index contributed by atoms with van der Waals surface area (Å²) in [6, 6.07) is 0. The Hall–Kier alpha value is -1.60. The van der Waals surface area contributed by atoms with Crippen molar-refractivity contribution >= 4 is 5.96 Å². The molecule has 2 atom stereocenters. The van der Waals surface area contributed by atoms with E-state index >= 15 is 0 Å². The van der Waals surface area contributed by atoms with Crippen LogP contribution in [0.2, 0.25) is 0 Å². The van der Waals surface area contributed by atoms with E-state index in [1.807, 2.05) is 20.2 Å². The highest BCUT2D eigenvalue weighted by atomic mass is 16.3. The van der Waals surface area contributed by atoms with Crippen molar-refractivity contribution in [3.05, 3.63) is 18.0 Å². The van der Waals surface area contributed by atoms with Crippen molar-refractivity contribution < 1.29 is 5.11 Å². The highest BCUT2D eigenvalue weighted by Gasteiger charge is 2.24. The Morgan fingerprint density at radius 3 is 2.89 bits per heavy atom. The average molecular weight is 379 g/mol. The van der Waals surface area contributed by atoms with Gasteiger partial charge in [0.05, 0.1) is 12.7 Å². The van der Waals surface area contributed by atoms with Crippen LogP contribution in [0, 0.1) is 5.92 Å². The van der Waals surface area contributed by atoms with Crippen LogP contribution in [0.1, 0.15) is 52.0 Å². The SMILES string of the molecule is CCNC(=NCC(C)(O)c1cnn(C)c1)NCCCCN1CCCC(C)C1. The molecule has 0 saturated carbocycles. The summed E-state index contributed by atoms with van der Waals surface area (Å²) < 4.78 is 1.69. The quantitative estimate of drug-likeness (QED) is 0.346. The first kappa shape index (κ1) is 21.7. The van der Waals surface area contributed by atoms with Crippen molar-refractivity contribution in [2.24, 2.45) is 18.0 Å². The molecule has 2 rings (SSSR count). The highest BCUT2D eigenvalue weighted by molar-refractivity contribution is 5.79. The molecule has 1 fully saturated rings. The first-order chi connectivity index (χ1) is 12.9. The number of aryl methyl sites for hydroxylation is 1. The summed E-state index contributed by atoms with van der Waals surface area (Å²) in [5.74, 6) is 1.60. The number of nitrogens with one attached hydrogen (secondary N) is 2. The van der Waals surface area contributed by atoms with Gasteiger partial charge in [-0.1, -0.05) is 6.92 Å². The number of hydrogen-bond donors (Lipinski definition) is 3. The van der Waals surface area contributed by atoms with Gasteiger partial charge >= 0.3 is 0 Å². The lowest BCUT2D eigenvalue weighted by Crippen LogP contribution is -2.39. The van der Waals surface area contributed by atoms with Crippen LogP contribution in [-0.2, 0) is 12.6 Å². The molecule has 0 spiro atoms. The number of piperidine rings is 1. The zero-order valence-corrected chi connectivity index (χ0v) is 17.5. The van der Waals surface area contributed by atoms with Gasteiger partial charge in [0, 0.05) is 38.4 Å². The predicted octanol–water partition coefficient (Wildman–Crippen LogP) is 1.69. The summed E-state index contributed by atoms with van der Waals surface area (Å²) in [6.07, 6.45) is 8.56. The van der Waals surface area contributed by atoms with Crippen molar-refractivity contribution in [1.29, 1.82) is 0 Å². The number of nitrogens with zero attached hydrogens (tertiary/aromatic N) is 4. The molecule has 2 unspecified atom stereocenters. The van der Waals surface area contributed by atoms with Gasteiger partial charge in [0.1, 0.15) is 5.60 Å². The fraction of sp³-hybridized carbons (Fsp3) is 0.800. The molecule has 7 nitrogen and oxygen atoms in total. The molecular formula is C20H38N6O. The summed E-state index contributed by atoms with van der Waals surface area (Å²) in [4.78, 5) is 7.16. The average Bonchev–Trinajstić information content (AvgIpc) is 3.07. The van der Waals surface area contributed by atoms with Gasteiger partial charge in [0.15, 0.2) is 5.96 Å². The second-order valence-corrected chi connectivity index (χ2v) is 8.05. The molecule has 1 aliphatic rings. The van der Waals surface area contributed by atoms with E-state index in [4.69, 9.17) is 0 Å². The van der Waals surface area contributed by atoms with E-state index in [1.54, 1.807) is 17.8 Å². The lowest BCUT2D eigenvalue weighted by molar-refractivity contribution is 0.0672. The number of aliphatic hydroxyl groups is 1. The topological polar surface area (TPSA) is 77.7 Å². The van der Waals surface area contributed by atoms with Crippen LogP contribution >= 0.6 is 0 Å². The molecule has 0 aromatic carbocycles. The van der Waals surface area contributed by atoms with Crippen molar-refractivity contribution in [3.63, 3.8) is 0 Å². The first-order valence-electron chi connectivity index (χ1n) is 10.4. The molecular weight excluding hydrogens is 340 g/mol. The van der Waals surface area contributed by atoms with E-state index in [0.717, 1.165) is 37.0 Å². The molecule has 2 heterocycles. The molecule has 1 aliphatic heterocycles. The fourth-order valence-corrected chi connectivity index (χ4v) is 3.52. The van der Waals surface area contributed by atoms with E-state index in [0.29, 0.717) is 6.54 Å². The predicted molar refractivity (Wildman–Crippen MR) is 111 cm³/mol. The number of aliphatic imine (C=N–C) groups is 1. The molecule has 7 heteroatoms. The smallest absolute Gasteiger partial charge is 0.191 e. The third kappa shape index (κ3) is 7.50. The second-order valence-electron chi connectivity index (χ2n) is 8.05. The van der Waals surface area contributed by atoms with Gasteiger partial charge in [-0.05, 0) is 58.5 Å². The van der Waals surface area contributed by atoms with Crippen molar-refractivity contribution in [2.45, 2.75) is 52.1 Å². The number of unbranched alkanes of at least 4 members (excludes halogenated alkanes) is 1. The van der Waals surface area contributed by atoms with Crippen LogP contribution in [0.25, 0.3) is 0 Å². The Balaban J connectivity index is 1.73. The van der Waals surface area contributed by atoms with Gasteiger partial charge in [-0.2, -0.15) is 5.10 Å². The maximum absolute atomic E-state index is 10.7. The maximum Gasteiger partial charge on any atom is 0.191 e. The zero-order valence-electron chi connectivity index (χ0n) is 17.5. The summed E-state index contributed by atoms with van der Waals surface area (Å²) >= 11 is 0. The van der Waals surface area contributed by atoms with Gasteiger partial charge in [-0.25, -0.2) is 4.99 Å². The number of aromatic nitrogens is 2. The third-order valence-electron chi connectivity index (χ3n) is 5.15. The van der Waals surface area contributed by atoms with E-state index in [1.165, 1.54) is 38.9 Å². The summed E-state index contributed by atoms with van der Waals surface area (Å²) in [5, 5.41) is 21.4.